The van der Waals surface area contributed by atoms with Crippen molar-refractivity contribution >= 4 is 39.6 Å². The van der Waals surface area contributed by atoms with Gasteiger partial charge < -0.3 is 15.3 Å². The first kappa shape index (κ1) is 23.0. The Morgan fingerprint density at radius 3 is 2.72 bits per heavy atom. The number of hydrogen-bond donors (Lipinski definition) is 2. The van der Waals surface area contributed by atoms with E-state index in [0.717, 1.165) is 34.2 Å². The minimum Gasteiger partial charge on any atom is -0.395 e. The number of fused-ring (bicyclic) bond motifs is 2. The fraction of sp³-hybridized carbons (Fsp3) is 0.148. The van der Waals surface area contributed by atoms with Crippen molar-refractivity contribution in [3.8, 4) is 11.8 Å². The molecule has 0 bridgehead atoms. The molecule has 0 fully saturated rings. The van der Waals surface area contributed by atoms with Crippen molar-refractivity contribution in [1.29, 1.82) is 0 Å². The van der Waals surface area contributed by atoms with E-state index in [1.165, 1.54) is 16.8 Å². The van der Waals surface area contributed by atoms with Gasteiger partial charge in [-0.15, -0.1) is 0 Å². The zero-order chi connectivity index (χ0) is 24.9. The van der Waals surface area contributed by atoms with E-state index in [9.17, 15) is 4.79 Å². The number of hydrogen-bond acceptors (Lipinski definition) is 7. The summed E-state index contributed by atoms with van der Waals surface area (Å²) >= 11 is 0. The molecule has 178 valence electrons. The van der Waals surface area contributed by atoms with Gasteiger partial charge in [0.15, 0.2) is 5.65 Å². The largest absolute Gasteiger partial charge is 0.395 e. The van der Waals surface area contributed by atoms with Crippen molar-refractivity contribution in [3.05, 3.63) is 84.6 Å². The van der Waals surface area contributed by atoms with Gasteiger partial charge in [0.1, 0.15) is 18.5 Å². The number of pyridine rings is 1. The highest BCUT2D eigenvalue weighted by molar-refractivity contribution is 6.06. The summed E-state index contributed by atoms with van der Waals surface area (Å²) in [5.41, 5.74) is 5.46. The first-order chi connectivity index (χ1) is 17.6. The van der Waals surface area contributed by atoms with Crippen LogP contribution in [0.5, 0.6) is 0 Å². The van der Waals surface area contributed by atoms with Crippen LogP contribution in [0, 0.1) is 11.8 Å². The van der Waals surface area contributed by atoms with Crippen molar-refractivity contribution in [2.24, 2.45) is 0 Å². The standard InChI is InChI=1S/C27H23N7O2/c1-33(26(36)4-2-3-13-35)22-9-10-24-23(16-22)27(30-17-28-24)32-21-7-5-19(6-8-21)14-20-11-12-34-25(15-20)29-18-31-34/h5-12,15-18,35H,3,13-14H2,1H3,(H,28,30,32). The van der Waals surface area contributed by atoms with Crippen LogP contribution in [0.4, 0.5) is 17.2 Å². The molecule has 5 aromatic rings. The molecule has 0 aliphatic rings. The molecular formula is C27H23N7O2. The van der Waals surface area contributed by atoms with Crippen molar-refractivity contribution in [1.82, 2.24) is 24.6 Å². The van der Waals surface area contributed by atoms with Gasteiger partial charge in [-0.1, -0.05) is 18.1 Å². The van der Waals surface area contributed by atoms with E-state index in [1.807, 2.05) is 48.7 Å². The van der Waals surface area contributed by atoms with Crippen LogP contribution in [0.3, 0.4) is 0 Å². The normalized spacial score (nSPS) is 10.7. The maximum absolute atomic E-state index is 12.4. The van der Waals surface area contributed by atoms with E-state index in [2.05, 4.69) is 49.3 Å². The molecule has 0 saturated heterocycles. The van der Waals surface area contributed by atoms with Gasteiger partial charge in [0, 0.05) is 36.4 Å². The molecule has 3 heterocycles. The highest BCUT2D eigenvalue weighted by atomic mass is 16.2. The van der Waals surface area contributed by atoms with Crippen LogP contribution in [-0.4, -0.2) is 49.2 Å². The number of aromatic nitrogens is 5. The Balaban J connectivity index is 1.34. The van der Waals surface area contributed by atoms with Crippen LogP contribution < -0.4 is 10.2 Å². The number of carbonyl (C=O) groups excluding carboxylic acids is 1. The van der Waals surface area contributed by atoms with Gasteiger partial charge in [-0.3, -0.25) is 4.79 Å². The molecule has 1 amide bonds. The number of aliphatic hydroxyl groups is 1. The lowest BCUT2D eigenvalue weighted by molar-refractivity contribution is -0.113. The van der Waals surface area contributed by atoms with E-state index in [-0.39, 0.29) is 18.9 Å². The van der Waals surface area contributed by atoms with Crippen LogP contribution in [0.25, 0.3) is 16.6 Å². The third-order valence-corrected chi connectivity index (χ3v) is 5.71. The summed E-state index contributed by atoms with van der Waals surface area (Å²) in [6.07, 6.45) is 6.01. The number of benzene rings is 2. The molecule has 0 unspecified atom stereocenters. The predicted molar refractivity (Wildman–Crippen MR) is 138 cm³/mol. The van der Waals surface area contributed by atoms with Crippen LogP contribution in [0.15, 0.2) is 73.4 Å². The minimum absolute atomic E-state index is 0.0772. The lowest BCUT2D eigenvalue weighted by atomic mass is 10.1. The van der Waals surface area contributed by atoms with E-state index in [4.69, 9.17) is 5.11 Å². The van der Waals surface area contributed by atoms with Gasteiger partial charge in [-0.2, -0.15) is 5.10 Å². The number of nitrogens with zero attached hydrogens (tertiary/aromatic N) is 6. The van der Waals surface area contributed by atoms with Crippen LogP contribution in [0.1, 0.15) is 17.5 Å². The van der Waals surface area contributed by atoms with Crippen LogP contribution >= 0.6 is 0 Å². The summed E-state index contributed by atoms with van der Waals surface area (Å²) in [7, 11) is 1.66. The predicted octanol–water partition coefficient (Wildman–Crippen LogP) is 3.36. The average Bonchev–Trinajstić information content (AvgIpc) is 3.37. The molecular weight excluding hydrogens is 454 g/mol. The number of nitrogens with one attached hydrogen (secondary N) is 1. The highest BCUT2D eigenvalue weighted by Gasteiger charge is 2.12. The van der Waals surface area contributed by atoms with E-state index < -0.39 is 0 Å². The number of anilines is 3. The molecule has 0 saturated carbocycles. The van der Waals surface area contributed by atoms with Crippen LogP contribution in [-0.2, 0) is 11.2 Å². The Hall–Kier alpha value is -4.81. The topological polar surface area (TPSA) is 109 Å². The van der Waals surface area contributed by atoms with Crippen molar-refractivity contribution in [2.75, 3.05) is 23.9 Å². The summed E-state index contributed by atoms with van der Waals surface area (Å²) in [5.74, 6) is 5.48. The molecule has 0 atom stereocenters. The molecule has 0 spiro atoms. The van der Waals surface area contributed by atoms with Gasteiger partial charge in [0.25, 0.3) is 0 Å². The lowest BCUT2D eigenvalue weighted by Gasteiger charge is -2.16. The van der Waals surface area contributed by atoms with Gasteiger partial charge in [-0.25, -0.2) is 19.5 Å². The van der Waals surface area contributed by atoms with Crippen LogP contribution in [0.2, 0.25) is 0 Å². The van der Waals surface area contributed by atoms with E-state index >= 15 is 0 Å². The average molecular weight is 478 g/mol. The molecule has 0 radical (unpaired) electrons. The molecule has 9 heteroatoms. The third kappa shape index (κ3) is 4.99. The molecule has 0 aliphatic heterocycles. The highest BCUT2D eigenvalue weighted by Crippen LogP contribution is 2.27. The van der Waals surface area contributed by atoms with Crippen molar-refractivity contribution in [2.45, 2.75) is 12.8 Å². The molecule has 2 N–H and O–H groups in total. The summed E-state index contributed by atoms with van der Waals surface area (Å²) in [6.45, 7) is -0.0772. The Labute approximate surface area is 207 Å². The minimum atomic E-state index is -0.354. The molecule has 9 nitrogen and oxygen atoms in total. The molecule has 2 aromatic carbocycles. The summed E-state index contributed by atoms with van der Waals surface area (Å²) in [5, 5.41) is 17.1. The fourth-order valence-corrected chi connectivity index (χ4v) is 3.79. The Kier molecular flexibility index (Phi) is 6.51. The van der Waals surface area contributed by atoms with Crippen molar-refractivity contribution < 1.29 is 9.90 Å². The Morgan fingerprint density at radius 2 is 1.89 bits per heavy atom. The van der Waals surface area contributed by atoms with Gasteiger partial charge in [0.05, 0.1) is 12.1 Å². The van der Waals surface area contributed by atoms with Crippen molar-refractivity contribution in [3.63, 3.8) is 0 Å². The smallest absolute Gasteiger partial charge is 0.302 e. The summed E-state index contributed by atoms with van der Waals surface area (Å²) < 4.78 is 1.74. The summed E-state index contributed by atoms with van der Waals surface area (Å²) in [6, 6.07) is 17.8. The third-order valence-electron chi connectivity index (χ3n) is 5.71. The maximum atomic E-state index is 12.4. The van der Waals surface area contributed by atoms with Gasteiger partial charge in [0.2, 0.25) is 0 Å². The number of rotatable bonds is 6. The number of amides is 1. The Bertz CT molecular complexity index is 1600. The maximum Gasteiger partial charge on any atom is 0.302 e. The number of carbonyl (C=O) groups is 1. The first-order valence-corrected chi connectivity index (χ1v) is 11.4. The van der Waals surface area contributed by atoms with Gasteiger partial charge >= 0.3 is 5.91 Å². The Morgan fingerprint density at radius 1 is 1.03 bits per heavy atom. The SMILES string of the molecule is CN(C(=O)C#CCCO)c1ccc2ncnc(Nc3ccc(Cc4ccn5ncnc5c4)cc3)c2c1. The lowest BCUT2D eigenvalue weighted by Crippen LogP contribution is -2.24. The first-order valence-electron chi connectivity index (χ1n) is 11.4. The monoisotopic (exact) mass is 477 g/mol. The second kappa shape index (κ2) is 10.2. The molecule has 0 aliphatic carbocycles. The number of aliphatic hydroxyl groups excluding tert-OH is 1. The zero-order valence-corrected chi connectivity index (χ0v) is 19.6. The molecule has 3 aromatic heterocycles. The van der Waals surface area contributed by atoms with E-state index in [0.29, 0.717) is 11.5 Å². The molecule has 36 heavy (non-hydrogen) atoms. The molecule has 5 rings (SSSR count). The van der Waals surface area contributed by atoms with E-state index in [1.54, 1.807) is 17.9 Å². The zero-order valence-electron chi connectivity index (χ0n) is 19.6. The van der Waals surface area contributed by atoms with Gasteiger partial charge in [-0.05, 0) is 65.9 Å². The fourth-order valence-electron chi connectivity index (χ4n) is 3.79. The quantitative estimate of drug-likeness (QED) is 0.361. The second-order valence-corrected chi connectivity index (χ2v) is 8.16. The second-order valence-electron chi connectivity index (χ2n) is 8.16. The summed E-state index contributed by atoms with van der Waals surface area (Å²) in [4.78, 5) is 26.8.